The molecule has 0 aromatic heterocycles. The summed E-state index contributed by atoms with van der Waals surface area (Å²) in [5.41, 5.74) is 0. The molecule has 262 valence electrons. The van der Waals surface area contributed by atoms with Gasteiger partial charge >= 0.3 is 0 Å². The predicted molar refractivity (Wildman–Crippen MR) is 188 cm³/mol. The van der Waals surface area contributed by atoms with Crippen molar-refractivity contribution in [2.45, 2.75) is 152 Å². The Labute approximate surface area is 273 Å². The van der Waals surface area contributed by atoms with Gasteiger partial charge in [-0.3, -0.25) is 29.1 Å². The number of carbonyl (C=O) groups excluding carboxylic acids is 3. The van der Waals surface area contributed by atoms with Gasteiger partial charge in [-0.1, -0.05) is 41.0 Å². The first-order chi connectivity index (χ1) is 20.8. The normalized spacial score (nSPS) is 11.7. The van der Waals surface area contributed by atoms with E-state index in [1.54, 1.807) is 0 Å². The summed E-state index contributed by atoms with van der Waals surface area (Å²) in [7, 11) is 0. The van der Waals surface area contributed by atoms with Crippen molar-refractivity contribution >= 4 is 17.6 Å². The zero-order valence-corrected chi connectivity index (χ0v) is 30.9. The fraction of sp³-hybridized carbons (Fsp3) is 0.914. The van der Waals surface area contributed by atoms with E-state index >= 15 is 0 Å². The standard InChI is InChI=1S/C21H43N3O2.C14H31N3O/c1-7-9-10-20(25)11-14-23(18(3)4)16-17-24(19(5)6)15-12-21(26)22-13-8-2;1-6-8-16-14(18)7-10-17(13(4)5)11-9-15-12(2)3/h18-19H,7-17H2,1-6H3,(H,22,26);12-13,15H,6-11H2,1-5H3,(H,16,18). The molecule has 2 amide bonds. The lowest BCUT2D eigenvalue weighted by Crippen LogP contribution is -2.43. The fourth-order valence-electron chi connectivity index (χ4n) is 4.60. The second-order valence-electron chi connectivity index (χ2n) is 13.1. The van der Waals surface area contributed by atoms with E-state index in [2.05, 4.69) is 107 Å². The second-order valence-corrected chi connectivity index (χ2v) is 13.1. The van der Waals surface area contributed by atoms with Gasteiger partial charge in [0.1, 0.15) is 5.78 Å². The molecule has 0 unspecified atom stereocenters. The molecule has 9 nitrogen and oxygen atoms in total. The Morgan fingerprint density at radius 3 is 1.27 bits per heavy atom. The number of nitrogens with zero attached hydrogens (tertiary/aromatic N) is 3. The van der Waals surface area contributed by atoms with Gasteiger partial charge in [0.15, 0.2) is 0 Å². The van der Waals surface area contributed by atoms with Crippen molar-refractivity contribution in [3.63, 3.8) is 0 Å². The number of ketones is 1. The third-order valence-electron chi connectivity index (χ3n) is 7.70. The molecular formula is C35H74N6O3. The van der Waals surface area contributed by atoms with Crippen LogP contribution >= 0.6 is 0 Å². The lowest BCUT2D eigenvalue weighted by molar-refractivity contribution is -0.122. The highest BCUT2D eigenvalue weighted by atomic mass is 16.2. The molecule has 3 N–H and O–H groups in total. The van der Waals surface area contributed by atoms with E-state index in [-0.39, 0.29) is 11.8 Å². The molecule has 0 aromatic rings. The third-order valence-corrected chi connectivity index (χ3v) is 7.70. The van der Waals surface area contributed by atoms with Crippen LogP contribution in [0.1, 0.15) is 128 Å². The molecule has 44 heavy (non-hydrogen) atoms. The molecule has 0 fully saturated rings. The summed E-state index contributed by atoms with van der Waals surface area (Å²) in [6, 6.07) is 1.84. The van der Waals surface area contributed by atoms with Gasteiger partial charge in [0.05, 0.1) is 0 Å². The maximum atomic E-state index is 12.0. The van der Waals surface area contributed by atoms with Gasteiger partial charge < -0.3 is 16.0 Å². The zero-order chi connectivity index (χ0) is 33.9. The van der Waals surface area contributed by atoms with E-state index < -0.39 is 0 Å². The quantitative estimate of drug-likeness (QED) is 0.123. The van der Waals surface area contributed by atoms with Gasteiger partial charge in [-0.25, -0.2) is 0 Å². The lowest BCUT2D eigenvalue weighted by atomic mass is 10.1. The number of hydrogen-bond donors (Lipinski definition) is 3. The van der Waals surface area contributed by atoms with Gasteiger partial charge in [-0.2, -0.15) is 0 Å². The third kappa shape index (κ3) is 26.8. The molecule has 0 aromatic carbocycles. The highest BCUT2D eigenvalue weighted by Gasteiger charge is 2.16. The largest absolute Gasteiger partial charge is 0.356 e. The molecule has 0 aliphatic carbocycles. The van der Waals surface area contributed by atoms with E-state index in [1.807, 2.05) is 0 Å². The van der Waals surface area contributed by atoms with Gasteiger partial charge in [0.25, 0.3) is 0 Å². The zero-order valence-electron chi connectivity index (χ0n) is 30.9. The number of Topliss-reactive ketones (excluding diaryl/α,β-unsaturated/α-hetero) is 1. The SMILES string of the molecule is CCCCC(=O)CCN(CCN(CCC(=O)NCCC)C(C)C)C(C)C.CCCNC(=O)CCN(CCNC(C)C)C(C)C. The molecule has 0 atom stereocenters. The van der Waals surface area contributed by atoms with Crippen molar-refractivity contribution in [2.24, 2.45) is 0 Å². The van der Waals surface area contributed by atoms with Crippen LogP contribution in [0.25, 0.3) is 0 Å². The van der Waals surface area contributed by atoms with Gasteiger partial charge in [0.2, 0.25) is 11.8 Å². The van der Waals surface area contributed by atoms with E-state index in [4.69, 9.17) is 0 Å². The summed E-state index contributed by atoms with van der Waals surface area (Å²) >= 11 is 0. The molecule has 0 saturated carbocycles. The monoisotopic (exact) mass is 627 g/mol. The fourth-order valence-corrected chi connectivity index (χ4v) is 4.60. The predicted octanol–water partition coefficient (Wildman–Crippen LogP) is 5.08. The van der Waals surface area contributed by atoms with Crippen LogP contribution in [0.5, 0.6) is 0 Å². The molecule has 0 spiro atoms. The van der Waals surface area contributed by atoms with Crippen LogP contribution in [-0.4, -0.2) is 115 Å². The first-order valence-electron chi connectivity index (χ1n) is 17.8. The molecule has 9 heteroatoms. The molecule has 0 rings (SSSR count). The molecule has 0 saturated heterocycles. The van der Waals surface area contributed by atoms with E-state index in [0.29, 0.717) is 55.6 Å². The summed E-state index contributed by atoms with van der Waals surface area (Å²) in [6.45, 7) is 31.5. The number of hydrogen-bond acceptors (Lipinski definition) is 7. The Hall–Kier alpha value is -1.55. The van der Waals surface area contributed by atoms with Crippen LogP contribution in [-0.2, 0) is 14.4 Å². The summed E-state index contributed by atoms with van der Waals surface area (Å²) in [5, 5.41) is 9.28. The summed E-state index contributed by atoms with van der Waals surface area (Å²) in [6.07, 6.45) is 6.57. The Bertz CT molecular complexity index is 679. The van der Waals surface area contributed by atoms with Crippen molar-refractivity contribution in [3.8, 4) is 0 Å². The van der Waals surface area contributed by atoms with Crippen molar-refractivity contribution < 1.29 is 14.4 Å². The van der Waals surface area contributed by atoms with Crippen molar-refractivity contribution in [2.75, 3.05) is 58.9 Å². The first kappa shape index (κ1) is 44.6. The van der Waals surface area contributed by atoms with Gasteiger partial charge in [-0.15, -0.1) is 0 Å². The Morgan fingerprint density at radius 1 is 0.500 bits per heavy atom. The van der Waals surface area contributed by atoms with Crippen LogP contribution < -0.4 is 16.0 Å². The Morgan fingerprint density at radius 2 is 0.909 bits per heavy atom. The van der Waals surface area contributed by atoms with Crippen LogP contribution in [0.15, 0.2) is 0 Å². The van der Waals surface area contributed by atoms with Gasteiger partial charge in [-0.05, 0) is 60.8 Å². The van der Waals surface area contributed by atoms with Crippen molar-refractivity contribution in [3.05, 3.63) is 0 Å². The van der Waals surface area contributed by atoms with Crippen LogP contribution in [0.2, 0.25) is 0 Å². The molecule has 0 aliphatic rings. The Kier molecular flexibility index (Phi) is 29.3. The Balaban J connectivity index is 0. The number of carbonyl (C=O) groups is 3. The van der Waals surface area contributed by atoms with Crippen molar-refractivity contribution in [1.29, 1.82) is 0 Å². The smallest absolute Gasteiger partial charge is 0.221 e. The lowest BCUT2D eigenvalue weighted by Gasteiger charge is -2.32. The van der Waals surface area contributed by atoms with Crippen LogP contribution in [0.4, 0.5) is 0 Å². The number of unbranched alkanes of at least 4 members (excludes halogenated alkanes) is 1. The van der Waals surface area contributed by atoms with Gasteiger partial charge in [0, 0.05) is 109 Å². The number of nitrogens with one attached hydrogen (secondary N) is 3. The summed E-state index contributed by atoms with van der Waals surface area (Å²) in [4.78, 5) is 42.5. The van der Waals surface area contributed by atoms with Crippen LogP contribution in [0, 0.1) is 0 Å². The average Bonchev–Trinajstić information content (AvgIpc) is 2.96. The second kappa shape index (κ2) is 28.9. The molecule has 0 aliphatic heterocycles. The minimum Gasteiger partial charge on any atom is -0.356 e. The highest BCUT2D eigenvalue weighted by Crippen LogP contribution is 2.07. The highest BCUT2D eigenvalue weighted by molar-refractivity contribution is 5.78. The summed E-state index contributed by atoms with van der Waals surface area (Å²) < 4.78 is 0. The topological polar surface area (TPSA) is 97.0 Å². The first-order valence-corrected chi connectivity index (χ1v) is 17.8. The van der Waals surface area contributed by atoms with E-state index in [0.717, 1.165) is 84.6 Å². The van der Waals surface area contributed by atoms with Crippen molar-refractivity contribution in [1.82, 2.24) is 30.7 Å². The maximum Gasteiger partial charge on any atom is 0.221 e. The molecule has 0 radical (unpaired) electrons. The molecule has 0 bridgehead atoms. The minimum absolute atomic E-state index is 0.139. The average molecular weight is 627 g/mol. The minimum atomic E-state index is 0.139. The van der Waals surface area contributed by atoms with Crippen LogP contribution in [0.3, 0.4) is 0 Å². The summed E-state index contributed by atoms with van der Waals surface area (Å²) in [5.74, 6) is 0.685. The molecule has 0 heterocycles. The van der Waals surface area contributed by atoms with E-state index in [1.165, 1.54) is 0 Å². The number of rotatable bonds is 26. The van der Waals surface area contributed by atoms with E-state index in [9.17, 15) is 14.4 Å². The number of amides is 2. The maximum absolute atomic E-state index is 12.0. The molecular weight excluding hydrogens is 552 g/mol.